The van der Waals surface area contributed by atoms with E-state index in [9.17, 15) is 14.4 Å². The Balaban J connectivity index is 1.73. The Morgan fingerprint density at radius 3 is 2.49 bits per heavy atom. The van der Waals surface area contributed by atoms with Gasteiger partial charge >= 0.3 is 6.09 Å². The van der Waals surface area contributed by atoms with Gasteiger partial charge in [0.05, 0.1) is 22.9 Å². The summed E-state index contributed by atoms with van der Waals surface area (Å²) in [4.78, 5) is 46.7. The number of carbonyl (C=O) groups excluding carboxylic acids is 3. The Kier molecular flexibility index (Phi) is 11.4. The van der Waals surface area contributed by atoms with Crippen LogP contribution in [0, 0.1) is 6.92 Å². The number of aryl methyl sites for hydroxylation is 1. The van der Waals surface area contributed by atoms with Crippen LogP contribution in [0.3, 0.4) is 0 Å². The number of aromatic nitrogens is 2. The Morgan fingerprint density at radius 2 is 1.80 bits per heavy atom. The number of halogens is 1. The second-order valence-electron chi connectivity index (χ2n) is 10.0. The maximum Gasteiger partial charge on any atom is 0.407 e. The third kappa shape index (κ3) is 10.3. The van der Waals surface area contributed by atoms with E-state index < -0.39 is 23.5 Å². The quantitative estimate of drug-likeness (QED) is 0.225. The molecular formula is C29H34ClN5O5S. The predicted molar refractivity (Wildman–Crippen MR) is 162 cm³/mol. The van der Waals surface area contributed by atoms with Crippen LogP contribution in [0.15, 0.2) is 48.7 Å². The van der Waals surface area contributed by atoms with Crippen molar-refractivity contribution in [3.05, 3.63) is 76.2 Å². The van der Waals surface area contributed by atoms with Gasteiger partial charge in [-0.25, -0.2) is 14.8 Å². The minimum atomic E-state index is -0.583. The maximum atomic E-state index is 13.4. The number of nitrogens with one attached hydrogen (secondary N) is 3. The Labute approximate surface area is 249 Å². The van der Waals surface area contributed by atoms with Crippen molar-refractivity contribution >= 4 is 52.8 Å². The molecule has 0 radical (unpaired) electrons. The number of rotatable bonds is 11. The zero-order valence-electron chi connectivity index (χ0n) is 23.7. The summed E-state index contributed by atoms with van der Waals surface area (Å²) in [5, 5.41) is 8.59. The molecule has 0 saturated heterocycles. The van der Waals surface area contributed by atoms with E-state index >= 15 is 0 Å². The average molecular weight is 600 g/mol. The first-order chi connectivity index (χ1) is 19.4. The number of hydrogen-bond acceptors (Lipinski definition) is 8. The van der Waals surface area contributed by atoms with Crippen molar-refractivity contribution in [2.75, 3.05) is 30.0 Å². The van der Waals surface area contributed by atoms with Gasteiger partial charge in [0, 0.05) is 24.2 Å². The van der Waals surface area contributed by atoms with Crippen LogP contribution in [0.5, 0.6) is 5.75 Å². The van der Waals surface area contributed by atoms with Gasteiger partial charge in [0.1, 0.15) is 17.2 Å². The van der Waals surface area contributed by atoms with Gasteiger partial charge in [-0.1, -0.05) is 17.7 Å². The van der Waals surface area contributed by atoms with Crippen LogP contribution in [-0.2, 0) is 10.5 Å². The highest BCUT2D eigenvalue weighted by Crippen LogP contribution is 2.25. The lowest BCUT2D eigenvalue weighted by molar-refractivity contribution is 0.0525. The van der Waals surface area contributed by atoms with E-state index in [0.29, 0.717) is 40.8 Å². The lowest BCUT2D eigenvalue weighted by Gasteiger charge is -2.19. The molecule has 3 rings (SSSR count). The third-order valence-corrected chi connectivity index (χ3v) is 6.16. The SMILES string of the molecule is CSCc1ccc(C(=O)Nc2ccc(C)nc2C(=O)Nc2ccc(Cl)cn2)c(OCCCNC(=O)OC(C)(C)C)c1. The van der Waals surface area contributed by atoms with Crippen molar-refractivity contribution in [1.82, 2.24) is 15.3 Å². The molecule has 0 fully saturated rings. The van der Waals surface area contributed by atoms with Crippen LogP contribution in [0.4, 0.5) is 16.3 Å². The van der Waals surface area contributed by atoms with Gasteiger partial charge < -0.3 is 25.4 Å². The highest BCUT2D eigenvalue weighted by atomic mass is 35.5. The molecule has 0 spiro atoms. The molecule has 3 N–H and O–H groups in total. The third-order valence-electron chi connectivity index (χ3n) is 5.32. The van der Waals surface area contributed by atoms with E-state index in [1.54, 1.807) is 69.8 Å². The number of anilines is 2. The van der Waals surface area contributed by atoms with E-state index in [4.69, 9.17) is 21.1 Å². The topological polar surface area (TPSA) is 132 Å². The number of hydrogen-bond donors (Lipinski definition) is 3. The van der Waals surface area contributed by atoms with Gasteiger partial charge in [-0.05, 0) is 82.3 Å². The number of amides is 3. The van der Waals surface area contributed by atoms with Gasteiger partial charge in [0.15, 0.2) is 5.69 Å². The molecular weight excluding hydrogens is 566 g/mol. The van der Waals surface area contributed by atoms with Crippen LogP contribution in [0.25, 0.3) is 0 Å². The van der Waals surface area contributed by atoms with E-state index in [1.807, 2.05) is 18.4 Å². The predicted octanol–water partition coefficient (Wildman–Crippen LogP) is 6.10. The van der Waals surface area contributed by atoms with Crippen LogP contribution >= 0.6 is 23.4 Å². The normalized spacial score (nSPS) is 11.0. The summed E-state index contributed by atoms with van der Waals surface area (Å²) in [6, 6.07) is 11.9. The first-order valence-electron chi connectivity index (χ1n) is 12.9. The van der Waals surface area contributed by atoms with E-state index in [2.05, 4.69) is 25.9 Å². The minimum Gasteiger partial charge on any atom is -0.493 e. The van der Waals surface area contributed by atoms with Gasteiger partial charge in [-0.3, -0.25) is 9.59 Å². The van der Waals surface area contributed by atoms with Crippen LogP contribution in [0.1, 0.15) is 59.3 Å². The number of alkyl carbamates (subject to hydrolysis) is 1. The molecule has 0 unspecified atom stereocenters. The van der Waals surface area contributed by atoms with Crippen molar-refractivity contribution in [2.45, 2.75) is 45.5 Å². The summed E-state index contributed by atoms with van der Waals surface area (Å²) >= 11 is 7.52. The largest absolute Gasteiger partial charge is 0.493 e. The molecule has 2 aromatic heterocycles. The lowest BCUT2D eigenvalue weighted by atomic mass is 10.1. The highest BCUT2D eigenvalue weighted by Gasteiger charge is 2.20. The van der Waals surface area contributed by atoms with Crippen molar-refractivity contribution < 1.29 is 23.9 Å². The zero-order chi connectivity index (χ0) is 30.0. The Hall–Kier alpha value is -3.83. The second kappa shape index (κ2) is 14.7. The van der Waals surface area contributed by atoms with Crippen LogP contribution in [0.2, 0.25) is 5.02 Å². The van der Waals surface area contributed by atoms with Crippen molar-refractivity contribution in [3.63, 3.8) is 0 Å². The summed E-state index contributed by atoms with van der Waals surface area (Å²) in [6.07, 6.45) is 3.40. The molecule has 3 aromatic rings. The zero-order valence-corrected chi connectivity index (χ0v) is 25.2. The second-order valence-corrected chi connectivity index (χ2v) is 11.3. The molecule has 0 bridgehead atoms. The molecule has 12 heteroatoms. The number of pyridine rings is 2. The van der Waals surface area contributed by atoms with Crippen molar-refractivity contribution in [1.29, 1.82) is 0 Å². The standard InChI is InChI=1S/C29H34ClN5O5S/c1-18-7-11-22(25(33-18)27(37)35-24-12-9-20(30)16-32-24)34-26(36)21-10-8-19(17-41-5)15-23(21)39-14-6-13-31-28(38)40-29(2,3)4/h7-12,15-16H,6,13-14,17H2,1-5H3,(H,31,38)(H,34,36)(H,32,35,37). The molecule has 0 aliphatic rings. The number of thioether (sulfide) groups is 1. The van der Waals surface area contributed by atoms with Crippen LogP contribution in [-0.4, -0.2) is 52.9 Å². The summed E-state index contributed by atoms with van der Waals surface area (Å²) in [5.41, 5.74) is 1.56. The molecule has 0 aliphatic carbocycles. The smallest absolute Gasteiger partial charge is 0.407 e. The fraction of sp³-hybridized carbons (Fsp3) is 0.345. The summed E-state index contributed by atoms with van der Waals surface area (Å²) in [6.45, 7) is 7.73. The molecule has 0 saturated carbocycles. The first-order valence-corrected chi connectivity index (χ1v) is 14.7. The molecule has 2 heterocycles. The number of carbonyl (C=O) groups is 3. The monoisotopic (exact) mass is 599 g/mol. The molecule has 0 atom stereocenters. The van der Waals surface area contributed by atoms with Crippen molar-refractivity contribution in [3.8, 4) is 5.75 Å². The Morgan fingerprint density at radius 1 is 1.02 bits per heavy atom. The summed E-state index contributed by atoms with van der Waals surface area (Å²) in [5.74, 6) is 0.419. The Bertz CT molecular complexity index is 1380. The molecule has 10 nitrogen and oxygen atoms in total. The van der Waals surface area contributed by atoms with Gasteiger partial charge in [-0.2, -0.15) is 11.8 Å². The van der Waals surface area contributed by atoms with E-state index in [0.717, 1.165) is 11.3 Å². The fourth-order valence-corrected chi connectivity index (χ4v) is 4.16. The summed E-state index contributed by atoms with van der Waals surface area (Å²) in [7, 11) is 0. The maximum absolute atomic E-state index is 13.4. The average Bonchev–Trinajstić information content (AvgIpc) is 2.90. The molecule has 218 valence electrons. The fourth-order valence-electron chi connectivity index (χ4n) is 3.53. The summed E-state index contributed by atoms with van der Waals surface area (Å²) < 4.78 is 11.2. The number of benzene rings is 1. The molecule has 3 amide bonds. The van der Waals surface area contributed by atoms with Crippen LogP contribution < -0.4 is 20.7 Å². The van der Waals surface area contributed by atoms with Crippen molar-refractivity contribution in [2.24, 2.45) is 0 Å². The van der Waals surface area contributed by atoms with Gasteiger partial charge in [-0.15, -0.1) is 0 Å². The van der Waals surface area contributed by atoms with E-state index in [1.165, 1.54) is 6.20 Å². The highest BCUT2D eigenvalue weighted by molar-refractivity contribution is 7.97. The van der Waals surface area contributed by atoms with E-state index in [-0.39, 0.29) is 18.0 Å². The lowest BCUT2D eigenvalue weighted by Crippen LogP contribution is -2.33. The molecule has 0 aliphatic heterocycles. The van der Waals surface area contributed by atoms with Gasteiger partial charge in [0.25, 0.3) is 11.8 Å². The number of ether oxygens (including phenoxy) is 2. The molecule has 1 aromatic carbocycles. The minimum absolute atomic E-state index is 0.0322. The first kappa shape index (κ1) is 31.7. The molecule has 41 heavy (non-hydrogen) atoms. The van der Waals surface area contributed by atoms with Gasteiger partial charge in [0.2, 0.25) is 0 Å². The number of nitrogens with zero attached hydrogens (tertiary/aromatic N) is 2.